The minimum absolute atomic E-state index is 0.000822. The van der Waals surface area contributed by atoms with Crippen molar-refractivity contribution in [3.8, 4) is 0 Å². The maximum Gasteiger partial charge on any atom is 0.337 e. The van der Waals surface area contributed by atoms with Gasteiger partial charge in [-0.1, -0.05) is 20.8 Å². The molecule has 0 aromatic carbocycles. The van der Waals surface area contributed by atoms with Crippen LogP contribution in [0.5, 0.6) is 0 Å². The van der Waals surface area contributed by atoms with Crippen molar-refractivity contribution >= 4 is 33.3 Å². The lowest BCUT2D eigenvalue weighted by Gasteiger charge is -2.25. The first kappa shape index (κ1) is 14.6. The highest BCUT2D eigenvalue weighted by Crippen LogP contribution is 2.29. The molecule has 0 saturated heterocycles. The van der Waals surface area contributed by atoms with E-state index in [1.165, 1.54) is 6.08 Å². The number of hydrogen-bond donors (Lipinski definition) is 0. The third-order valence-corrected chi connectivity index (χ3v) is 3.41. The van der Waals surface area contributed by atoms with E-state index >= 15 is 0 Å². The molecule has 1 unspecified atom stereocenters. The number of aliphatic imine (C=N–C) groups is 1. The number of hydrogen-bond acceptors (Lipinski definition) is 5. The molecular weight excluding hydrogens is 233 g/mol. The van der Waals surface area contributed by atoms with Gasteiger partial charge in [-0.25, -0.2) is 9.59 Å². The molecule has 0 rings (SSSR count). The SMILES string of the molecule is CC(C)(C)SC[C@@](C)(N=C=O)C(=O)OP. The van der Waals surface area contributed by atoms with E-state index in [4.69, 9.17) is 0 Å². The fourth-order valence-corrected chi connectivity index (χ4v) is 1.87. The molecule has 15 heavy (non-hydrogen) atoms. The number of isocyanates is 1. The van der Waals surface area contributed by atoms with Gasteiger partial charge in [0.1, 0.15) is 0 Å². The van der Waals surface area contributed by atoms with Crippen molar-refractivity contribution in [2.75, 3.05) is 5.75 Å². The molecule has 2 atom stereocenters. The number of nitrogens with zero attached hydrogens (tertiary/aromatic N) is 1. The quantitative estimate of drug-likeness (QED) is 0.434. The molecule has 4 nitrogen and oxygen atoms in total. The van der Waals surface area contributed by atoms with Crippen molar-refractivity contribution in [2.45, 2.75) is 38.0 Å². The molecular formula is C9H16NO3PS. The minimum atomic E-state index is -1.15. The first-order valence-corrected chi connectivity index (χ1v) is 5.85. The lowest BCUT2D eigenvalue weighted by Crippen LogP contribution is -2.37. The maximum absolute atomic E-state index is 11.4. The van der Waals surface area contributed by atoms with E-state index in [-0.39, 0.29) is 4.75 Å². The van der Waals surface area contributed by atoms with Crippen molar-refractivity contribution < 1.29 is 14.1 Å². The van der Waals surface area contributed by atoms with Gasteiger partial charge in [-0.3, -0.25) is 0 Å². The molecule has 0 aliphatic carbocycles. The maximum atomic E-state index is 11.4. The fourth-order valence-electron chi connectivity index (χ4n) is 0.722. The zero-order valence-electron chi connectivity index (χ0n) is 9.36. The van der Waals surface area contributed by atoms with Crippen LogP contribution in [0.1, 0.15) is 27.7 Å². The van der Waals surface area contributed by atoms with E-state index in [1.54, 1.807) is 18.7 Å². The van der Waals surface area contributed by atoms with Gasteiger partial charge < -0.3 is 4.52 Å². The highest BCUT2D eigenvalue weighted by Gasteiger charge is 2.35. The van der Waals surface area contributed by atoms with Crippen molar-refractivity contribution in [2.24, 2.45) is 4.99 Å². The Kier molecular flexibility index (Phi) is 5.50. The Morgan fingerprint density at radius 1 is 1.47 bits per heavy atom. The Morgan fingerprint density at radius 3 is 2.33 bits per heavy atom. The van der Waals surface area contributed by atoms with Crippen molar-refractivity contribution in [1.82, 2.24) is 0 Å². The molecule has 0 aromatic heterocycles. The topological polar surface area (TPSA) is 55.7 Å². The van der Waals surface area contributed by atoms with E-state index in [2.05, 4.69) is 9.52 Å². The number of carbonyl (C=O) groups excluding carboxylic acids is 2. The number of carbonyl (C=O) groups is 1. The molecule has 6 heteroatoms. The summed E-state index contributed by atoms with van der Waals surface area (Å²) in [6.07, 6.45) is 1.41. The van der Waals surface area contributed by atoms with E-state index < -0.39 is 11.5 Å². The Morgan fingerprint density at radius 2 is 2.00 bits per heavy atom. The first-order chi connectivity index (χ1) is 6.75. The average molecular weight is 249 g/mol. The second-order valence-electron chi connectivity index (χ2n) is 4.28. The Bertz CT molecular complexity index is 284. The van der Waals surface area contributed by atoms with Crippen molar-refractivity contribution in [3.63, 3.8) is 0 Å². The van der Waals surface area contributed by atoms with Crippen LogP contribution in [-0.2, 0) is 14.1 Å². The molecule has 0 radical (unpaired) electrons. The van der Waals surface area contributed by atoms with Crippen LogP contribution in [0.2, 0.25) is 0 Å². The molecule has 86 valence electrons. The van der Waals surface area contributed by atoms with Crippen LogP contribution < -0.4 is 0 Å². The molecule has 0 saturated carbocycles. The molecule has 0 aromatic rings. The van der Waals surface area contributed by atoms with Crippen LogP contribution in [0, 0.1) is 0 Å². The molecule has 0 amide bonds. The first-order valence-electron chi connectivity index (χ1n) is 4.39. The summed E-state index contributed by atoms with van der Waals surface area (Å²) in [6.45, 7) is 7.63. The zero-order chi connectivity index (χ0) is 12.1. The summed E-state index contributed by atoms with van der Waals surface area (Å²) >= 11 is 1.54. The van der Waals surface area contributed by atoms with Crippen molar-refractivity contribution in [3.05, 3.63) is 0 Å². The van der Waals surface area contributed by atoms with E-state index in [0.29, 0.717) is 5.75 Å². The average Bonchev–Trinajstić information content (AvgIpc) is 2.13. The van der Waals surface area contributed by atoms with E-state index in [0.717, 1.165) is 0 Å². The van der Waals surface area contributed by atoms with Crippen LogP contribution in [0.15, 0.2) is 4.99 Å². The van der Waals surface area contributed by atoms with Crippen LogP contribution in [-0.4, -0.2) is 28.1 Å². The van der Waals surface area contributed by atoms with E-state index in [9.17, 15) is 9.59 Å². The van der Waals surface area contributed by atoms with Gasteiger partial charge in [-0.15, -0.1) is 0 Å². The summed E-state index contributed by atoms with van der Waals surface area (Å²) in [5.74, 6) is -0.161. The standard InChI is InChI=1S/C9H16NO3PS/c1-8(2,3)15-5-9(4,10-6-11)7(12)13-14/h5,14H2,1-4H3/t9-/m1/s1. The van der Waals surface area contributed by atoms with E-state index in [1.807, 2.05) is 30.2 Å². The van der Waals surface area contributed by atoms with Crippen LogP contribution in [0.4, 0.5) is 0 Å². The third-order valence-electron chi connectivity index (χ3n) is 1.63. The highest BCUT2D eigenvalue weighted by atomic mass is 32.2. The molecule has 0 spiro atoms. The van der Waals surface area contributed by atoms with Gasteiger partial charge in [0.2, 0.25) is 6.08 Å². The van der Waals surface area contributed by atoms with Gasteiger partial charge in [-0.05, 0) is 6.92 Å². The minimum Gasteiger partial charge on any atom is -0.450 e. The van der Waals surface area contributed by atoms with Gasteiger partial charge in [0.15, 0.2) is 5.54 Å². The van der Waals surface area contributed by atoms with Gasteiger partial charge in [0.05, 0.1) is 9.47 Å². The van der Waals surface area contributed by atoms with Gasteiger partial charge in [0.25, 0.3) is 0 Å². The molecule has 0 aliphatic rings. The predicted molar refractivity (Wildman–Crippen MR) is 64.5 cm³/mol. The van der Waals surface area contributed by atoms with Crippen LogP contribution >= 0.6 is 21.2 Å². The number of thioether (sulfide) groups is 1. The Balaban J connectivity index is 4.67. The predicted octanol–water partition coefficient (Wildman–Crippen LogP) is 1.95. The molecule has 0 N–H and O–H groups in total. The second kappa shape index (κ2) is 5.64. The van der Waals surface area contributed by atoms with Crippen LogP contribution in [0.3, 0.4) is 0 Å². The smallest absolute Gasteiger partial charge is 0.337 e. The number of rotatable bonds is 4. The summed E-state index contributed by atoms with van der Waals surface area (Å²) in [4.78, 5) is 25.2. The molecule has 0 bridgehead atoms. The Hall–Kier alpha value is -0.370. The Labute approximate surface area is 96.5 Å². The van der Waals surface area contributed by atoms with Gasteiger partial charge >= 0.3 is 5.97 Å². The monoisotopic (exact) mass is 249 g/mol. The van der Waals surface area contributed by atoms with Crippen LogP contribution in [0.25, 0.3) is 0 Å². The van der Waals surface area contributed by atoms with Gasteiger partial charge in [0, 0.05) is 10.5 Å². The van der Waals surface area contributed by atoms with Crippen molar-refractivity contribution in [1.29, 1.82) is 0 Å². The lowest BCUT2D eigenvalue weighted by atomic mass is 10.1. The largest absolute Gasteiger partial charge is 0.450 e. The second-order valence-corrected chi connectivity index (χ2v) is 6.32. The normalized spacial score (nSPS) is 15.0. The summed E-state index contributed by atoms with van der Waals surface area (Å²) in [7, 11) is 1.86. The highest BCUT2D eigenvalue weighted by molar-refractivity contribution is 8.00. The molecule has 0 fully saturated rings. The fraction of sp³-hybridized carbons (Fsp3) is 0.778. The molecule has 0 aliphatic heterocycles. The zero-order valence-corrected chi connectivity index (χ0v) is 11.3. The summed E-state index contributed by atoms with van der Waals surface area (Å²) < 4.78 is 4.53. The lowest BCUT2D eigenvalue weighted by molar-refractivity contribution is -0.137. The third kappa shape index (κ3) is 5.31. The molecule has 0 heterocycles. The summed E-state index contributed by atoms with van der Waals surface area (Å²) in [5.41, 5.74) is -1.15. The van der Waals surface area contributed by atoms with Gasteiger partial charge in [-0.2, -0.15) is 16.8 Å². The summed E-state index contributed by atoms with van der Waals surface area (Å²) in [6, 6.07) is 0. The summed E-state index contributed by atoms with van der Waals surface area (Å²) in [5, 5.41) is 0.